The van der Waals surface area contributed by atoms with Gasteiger partial charge in [-0.2, -0.15) is 0 Å². The zero-order chi connectivity index (χ0) is 15.1. The predicted octanol–water partition coefficient (Wildman–Crippen LogP) is 3.39. The third kappa shape index (κ3) is 4.02. The number of benzene rings is 1. The van der Waals surface area contributed by atoms with E-state index in [4.69, 9.17) is 4.74 Å². The molecule has 0 saturated carbocycles. The maximum atomic E-state index is 5.46. The Kier molecular flexibility index (Phi) is 6.14. The number of methoxy groups -OCH3 is 1. The highest BCUT2D eigenvalue weighted by Gasteiger charge is 2.20. The number of likely N-dealkylation sites (N-methyl/N-ethyl adjacent to an activating group) is 1. The molecule has 1 N–H and O–H groups in total. The van der Waals surface area contributed by atoms with Crippen molar-refractivity contribution in [3.8, 4) is 5.75 Å². The molecule has 0 aliphatic rings. The van der Waals surface area contributed by atoms with E-state index < -0.39 is 0 Å². The van der Waals surface area contributed by atoms with Crippen molar-refractivity contribution in [1.29, 1.82) is 0 Å². The topological polar surface area (TPSA) is 47.0 Å². The van der Waals surface area contributed by atoms with Crippen LogP contribution in [0.5, 0.6) is 5.75 Å². The molecule has 1 aromatic carbocycles. The van der Waals surface area contributed by atoms with Gasteiger partial charge in [-0.15, -0.1) is 5.10 Å². The number of rotatable bonds is 8. The van der Waals surface area contributed by atoms with Crippen LogP contribution in [-0.2, 0) is 12.8 Å². The molecule has 0 saturated heterocycles. The SMILES string of the molecule is CCCc1nnsc1C(Cc1ccccc1OC)NCC. The lowest BCUT2D eigenvalue weighted by atomic mass is 10.0. The lowest BCUT2D eigenvalue weighted by Crippen LogP contribution is -2.23. The number of para-hydroxylation sites is 1. The van der Waals surface area contributed by atoms with Crippen LogP contribution in [0.3, 0.4) is 0 Å². The molecule has 0 aliphatic heterocycles. The van der Waals surface area contributed by atoms with E-state index in [9.17, 15) is 0 Å². The van der Waals surface area contributed by atoms with Crippen LogP contribution in [0.1, 0.15) is 42.4 Å². The average Bonchev–Trinajstić information content (AvgIpc) is 2.96. The van der Waals surface area contributed by atoms with Gasteiger partial charge in [-0.1, -0.05) is 43.0 Å². The normalized spacial score (nSPS) is 12.3. The van der Waals surface area contributed by atoms with Crippen LogP contribution < -0.4 is 10.1 Å². The number of hydrogen-bond donors (Lipinski definition) is 1. The first kappa shape index (κ1) is 15.9. The van der Waals surface area contributed by atoms with Gasteiger partial charge in [-0.25, -0.2) is 0 Å². The Balaban J connectivity index is 2.24. The Bertz CT molecular complexity index is 556. The van der Waals surface area contributed by atoms with E-state index in [2.05, 4.69) is 40.9 Å². The molecular weight excluding hydrogens is 282 g/mol. The first-order valence-corrected chi connectivity index (χ1v) is 8.23. The van der Waals surface area contributed by atoms with Crippen molar-refractivity contribution in [2.24, 2.45) is 0 Å². The molecule has 1 unspecified atom stereocenters. The summed E-state index contributed by atoms with van der Waals surface area (Å²) < 4.78 is 9.61. The highest BCUT2D eigenvalue weighted by molar-refractivity contribution is 7.05. The fourth-order valence-corrected chi connectivity index (χ4v) is 3.26. The molecule has 0 radical (unpaired) electrons. The summed E-state index contributed by atoms with van der Waals surface area (Å²) in [5.41, 5.74) is 2.34. The summed E-state index contributed by atoms with van der Waals surface area (Å²) in [6.07, 6.45) is 2.96. The molecule has 1 aromatic heterocycles. The fraction of sp³-hybridized carbons (Fsp3) is 0.500. The second-order valence-electron chi connectivity index (χ2n) is 4.96. The maximum absolute atomic E-state index is 5.46. The van der Waals surface area contributed by atoms with Gasteiger partial charge in [0.25, 0.3) is 0 Å². The molecule has 1 atom stereocenters. The summed E-state index contributed by atoms with van der Waals surface area (Å²) in [6.45, 7) is 5.22. The number of hydrogen-bond acceptors (Lipinski definition) is 5. The zero-order valence-corrected chi connectivity index (χ0v) is 13.7. The molecule has 1 heterocycles. The molecule has 0 bridgehead atoms. The maximum Gasteiger partial charge on any atom is 0.122 e. The van der Waals surface area contributed by atoms with Gasteiger partial charge in [0.1, 0.15) is 5.75 Å². The van der Waals surface area contributed by atoms with Crippen LogP contribution in [-0.4, -0.2) is 23.2 Å². The summed E-state index contributed by atoms with van der Waals surface area (Å²) in [4.78, 5) is 1.25. The van der Waals surface area contributed by atoms with Gasteiger partial charge in [0.05, 0.1) is 17.7 Å². The van der Waals surface area contributed by atoms with Gasteiger partial charge in [0.15, 0.2) is 0 Å². The van der Waals surface area contributed by atoms with Crippen molar-refractivity contribution in [2.45, 2.75) is 39.2 Å². The van der Waals surface area contributed by atoms with Crippen LogP contribution in [0.25, 0.3) is 0 Å². The van der Waals surface area contributed by atoms with Crippen LogP contribution in [0.15, 0.2) is 24.3 Å². The summed E-state index contributed by atoms with van der Waals surface area (Å²) in [5, 5.41) is 7.85. The molecule has 0 amide bonds. The quantitative estimate of drug-likeness (QED) is 0.812. The summed E-state index contributed by atoms with van der Waals surface area (Å²) in [5.74, 6) is 0.940. The van der Waals surface area contributed by atoms with Crippen LogP contribution in [0, 0.1) is 0 Å². The number of ether oxygens (including phenoxy) is 1. The van der Waals surface area contributed by atoms with Gasteiger partial charge < -0.3 is 10.1 Å². The third-order valence-corrected chi connectivity index (χ3v) is 4.34. The highest BCUT2D eigenvalue weighted by Crippen LogP contribution is 2.28. The van der Waals surface area contributed by atoms with Crippen LogP contribution in [0.4, 0.5) is 0 Å². The van der Waals surface area contributed by atoms with Gasteiger partial charge in [0, 0.05) is 6.04 Å². The van der Waals surface area contributed by atoms with Crippen molar-refractivity contribution < 1.29 is 4.74 Å². The Morgan fingerprint density at radius 3 is 2.81 bits per heavy atom. The molecule has 2 rings (SSSR count). The van der Waals surface area contributed by atoms with Gasteiger partial charge in [-0.3, -0.25) is 0 Å². The standard InChI is InChI=1S/C16H23N3OS/c1-4-8-13-16(21-19-18-13)14(17-5-2)11-12-9-6-7-10-15(12)20-3/h6-7,9-10,14,17H,4-5,8,11H2,1-3H3. The molecule has 4 nitrogen and oxygen atoms in total. The van der Waals surface area contributed by atoms with Crippen LogP contribution in [0.2, 0.25) is 0 Å². The zero-order valence-electron chi connectivity index (χ0n) is 12.9. The smallest absolute Gasteiger partial charge is 0.122 e. The summed E-state index contributed by atoms with van der Waals surface area (Å²) in [7, 11) is 1.72. The lowest BCUT2D eigenvalue weighted by molar-refractivity contribution is 0.406. The van der Waals surface area contributed by atoms with Gasteiger partial charge in [0.2, 0.25) is 0 Å². The minimum Gasteiger partial charge on any atom is -0.496 e. The largest absolute Gasteiger partial charge is 0.496 e. The van der Waals surface area contributed by atoms with Gasteiger partial charge in [-0.05, 0) is 42.5 Å². The Labute approximate surface area is 130 Å². The molecule has 5 heteroatoms. The molecule has 0 aliphatic carbocycles. The van der Waals surface area contributed by atoms with E-state index in [0.29, 0.717) is 0 Å². The van der Waals surface area contributed by atoms with E-state index in [1.165, 1.54) is 22.0 Å². The summed E-state index contributed by atoms with van der Waals surface area (Å²) in [6, 6.07) is 8.43. The van der Waals surface area contributed by atoms with Crippen molar-refractivity contribution >= 4 is 11.5 Å². The molecule has 0 fully saturated rings. The molecule has 114 valence electrons. The van der Waals surface area contributed by atoms with Crippen molar-refractivity contribution in [2.75, 3.05) is 13.7 Å². The van der Waals surface area contributed by atoms with Gasteiger partial charge >= 0.3 is 0 Å². The molecular formula is C16H23N3OS. The van der Waals surface area contributed by atoms with E-state index in [1.54, 1.807) is 7.11 Å². The summed E-state index contributed by atoms with van der Waals surface area (Å²) >= 11 is 1.51. The first-order valence-electron chi connectivity index (χ1n) is 7.46. The Hall–Kier alpha value is -1.46. The highest BCUT2D eigenvalue weighted by atomic mass is 32.1. The molecule has 21 heavy (non-hydrogen) atoms. The molecule has 0 spiro atoms. The van der Waals surface area contributed by atoms with E-state index >= 15 is 0 Å². The predicted molar refractivity (Wildman–Crippen MR) is 87.0 cm³/mol. The lowest BCUT2D eigenvalue weighted by Gasteiger charge is -2.18. The number of nitrogens with one attached hydrogen (secondary N) is 1. The van der Waals surface area contributed by atoms with Crippen molar-refractivity contribution in [3.63, 3.8) is 0 Å². The molecule has 2 aromatic rings. The third-order valence-electron chi connectivity index (χ3n) is 3.46. The second kappa shape index (κ2) is 8.10. The fourth-order valence-electron chi connectivity index (χ4n) is 2.49. The van der Waals surface area contributed by atoms with Crippen molar-refractivity contribution in [3.05, 3.63) is 40.4 Å². The van der Waals surface area contributed by atoms with E-state index in [-0.39, 0.29) is 6.04 Å². The van der Waals surface area contributed by atoms with Crippen LogP contribution >= 0.6 is 11.5 Å². The number of nitrogens with zero attached hydrogens (tertiary/aromatic N) is 2. The number of aryl methyl sites for hydroxylation is 1. The monoisotopic (exact) mass is 305 g/mol. The first-order chi connectivity index (χ1) is 10.3. The minimum absolute atomic E-state index is 0.243. The number of aromatic nitrogens is 2. The average molecular weight is 305 g/mol. The Morgan fingerprint density at radius 1 is 1.29 bits per heavy atom. The second-order valence-corrected chi connectivity index (χ2v) is 5.75. The van der Waals surface area contributed by atoms with E-state index in [1.807, 2.05) is 12.1 Å². The van der Waals surface area contributed by atoms with E-state index in [0.717, 1.165) is 37.3 Å². The minimum atomic E-state index is 0.243. The van der Waals surface area contributed by atoms with Crippen molar-refractivity contribution in [1.82, 2.24) is 14.9 Å². The Morgan fingerprint density at radius 2 is 2.10 bits per heavy atom.